The Morgan fingerprint density at radius 1 is 1.73 bits per heavy atom. The van der Waals surface area contributed by atoms with Gasteiger partial charge in [-0.3, -0.25) is 0 Å². The number of pyridine rings is 1. The number of hydrogen-bond acceptors (Lipinski definition) is 2. The van der Waals surface area contributed by atoms with Gasteiger partial charge in [0.25, 0.3) is 5.82 Å². The molecule has 0 unspecified atom stereocenters. The Morgan fingerprint density at radius 3 is 3.00 bits per heavy atom. The van der Waals surface area contributed by atoms with E-state index in [4.69, 9.17) is 11.3 Å². The van der Waals surface area contributed by atoms with E-state index < -0.39 is 0 Å². The van der Waals surface area contributed by atoms with Gasteiger partial charge >= 0.3 is 0 Å². The fourth-order valence-electron chi connectivity index (χ4n) is 0.627. The van der Waals surface area contributed by atoms with Gasteiger partial charge in [0.15, 0.2) is 0 Å². The van der Waals surface area contributed by atoms with E-state index in [2.05, 4.69) is 25.8 Å². The Morgan fingerprint density at radius 2 is 2.45 bits per heavy atom. The minimum Gasteiger partial charge on any atom is -0.497 e. The Balaban J connectivity index is 3.15. The Labute approximate surface area is 73.0 Å². The molecule has 4 heteroatoms. The van der Waals surface area contributed by atoms with Gasteiger partial charge < -0.3 is 9.58 Å². The summed E-state index contributed by atoms with van der Waals surface area (Å²) in [5.74, 6) is 0.969. The molecule has 0 aliphatic heterocycles. The topological polar surface area (TPSA) is 26.5 Å². The van der Waals surface area contributed by atoms with Crippen molar-refractivity contribution in [3.63, 3.8) is 0 Å². The summed E-state index contributed by atoms with van der Waals surface area (Å²) < 4.78 is 5.71. The van der Waals surface area contributed by atoms with Crippen LogP contribution in [0.1, 0.15) is 0 Å². The minimum absolute atomic E-state index is 0.338. The lowest BCUT2D eigenvalue weighted by atomic mass is 10.4. The highest BCUT2D eigenvalue weighted by molar-refractivity contribution is 9.10. The molecule has 0 fully saturated rings. The smallest absolute Gasteiger partial charge is 0.273 e. The summed E-state index contributed by atoms with van der Waals surface area (Å²) in [6, 6.07) is 1.58. The van der Waals surface area contributed by atoms with Crippen LogP contribution < -0.4 is 4.74 Å². The molecule has 1 heterocycles. The normalized spacial score (nSPS) is 8.82. The molecule has 0 atom stereocenters. The van der Waals surface area contributed by atoms with Crippen molar-refractivity contribution in [2.75, 3.05) is 7.11 Å². The minimum atomic E-state index is 0.338. The second-order valence-electron chi connectivity index (χ2n) is 1.79. The number of rotatable bonds is 1. The summed E-state index contributed by atoms with van der Waals surface area (Å²) in [6.07, 6.45) is 1.55. The van der Waals surface area contributed by atoms with E-state index in [1.807, 2.05) is 0 Å². The predicted octanol–water partition coefficient (Wildman–Crippen LogP) is 2.40. The molecule has 0 aliphatic rings. The maximum absolute atomic E-state index is 6.68. The zero-order chi connectivity index (χ0) is 8.27. The van der Waals surface area contributed by atoms with Crippen molar-refractivity contribution in [3.8, 4) is 5.75 Å². The summed E-state index contributed by atoms with van der Waals surface area (Å²) in [5.41, 5.74) is 0. The average molecular weight is 213 g/mol. The van der Waals surface area contributed by atoms with Crippen molar-refractivity contribution >= 4 is 21.7 Å². The largest absolute Gasteiger partial charge is 0.497 e. The van der Waals surface area contributed by atoms with E-state index in [0.29, 0.717) is 11.6 Å². The molecule has 1 rings (SSSR count). The molecule has 0 N–H and O–H groups in total. The lowest BCUT2D eigenvalue weighted by Gasteiger charge is -1.99. The van der Waals surface area contributed by atoms with Gasteiger partial charge in [-0.05, 0) is 15.9 Å². The first-order valence-corrected chi connectivity index (χ1v) is 3.64. The zero-order valence-corrected chi connectivity index (χ0v) is 7.42. The van der Waals surface area contributed by atoms with E-state index in [-0.39, 0.29) is 0 Å². The summed E-state index contributed by atoms with van der Waals surface area (Å²) in [6.45, 7) is 6.68. The maximum atomic E-state index is 6.68. The summed E-state index contributed by atoms with van der Waals surface area (Å²) in [4.78, 5) is 6.98. The van der Waals surface area contributed by atoms with E-state index in [9.17, 15) is 0 Å². The lowest BCUT2D eigenvalue weighted by Crippen LogP contribution is -1.84. The first-order chi connectivity index (χ1) is 5.27. The van der Waals surface area contributed by atoms with Crippen molar-refractivity contribution in [3.05, 3.63) is 28.2 Å². The first kappa shape index (κ1) is 8.02. The molecule has 0 radical (unpaired) electrons. The van der Waals surface area contributed by atoms with Gasteiger partial charge in [-0.2, -0.15) is 0 Å². The Bertz CT molecular complexity index is 306. The van der Waals surface area contributed by atoms with Crippen molar-refractivity contribution in [1.82, 2.24) is 4.98 Å². The van der Waals surface area contributed by atoms with Gasteiger partial charge in [0, 0.05) is 6.07 Å². The second kappa shape index (κ2) is 3.35. The third-order valence-electron chi connectivity index (χ3n) is 1.14. The first-order valence-electron chi connectivity index (χ1n) is 2.85. The van der Waals surface area contributed by atoms with Crippen LogP contribution >= 0.6 is 15.9 Å². The summed E-state index contributed by atoms with van der Waals surface area (Å²) >= 11 is 3.23. The standard InChI is InChI=1S/C7H5BrN2O/c1-9-7-3-6(11-2)5(8)4-10-7/h3-4H,2H3. The van der Waals surface area contributed by atoms with E-state index in [0.717, 1.165) is 4.47 Å². The third-order valence-corrected chi connectivity index (χ3v) is 1.74. The van der Waals surface area contributed by atoms with Crippen LogP contribution in [0, 0.1) is 6.57 Å². The molecular weight excluding hydrogens is 208 g/mol. The summed E-state index contributed by atoms with van der Waals surface area (Å²) in [5, 5.41) is 0. The molecule has 0 aliphatic carbocycles. The van der Waals surface area contributed by atoms with Crippen LogP contribution in [0.5, 0.6) is 5.75 Å². The van der Waals surface area contributed by atoms with Gasteiger partial charge in [0.1, 0.15) is 11.9 Å². The van der Waals surface area contributed by atoms with Gasteiger partial charge in [-0.15, -0.1) is 4.98 Å². The molecule has 3 nitrogen and oxygen atoms in total. The number of ether oxygens (including phenoxy) is 1. The molecule has 0 spiro atoms. The predicted molar refractivity (Wildman–Crippen MR) is 44.8 cm³/mol. The van der Waals surface area contributed by atoms with E-state index in [1.54, 1.807) is 19.4 Å². The number of nitrogens with zero attached hydrogens (tertiary/aromatic N) is 2. The zero-order valence-electron chi connectivity index (χ0n) is 5.84. The fourth-order valence-corrected chi connectivity index (χ4v) is 1.01. The molecule has 56 valence electrons. The average Bonchev–Trinajstić information content (AvgIpc) is 2.05. The molecular formula is C7H5BrN2O. The highest BCUT2D eigenvalue weighted by Gasteiger charge is 2.02. The van der Waals surface area contributed by atoms with Crippen LogP contribution in [-0.4, -0.2) is 12.1 Å². The fraction of sp³-hybridized carbons (Fsp3) is 0.143. The quantitative estimate of drug-likeness (QED) is 0.669. The lowest BCUT2D eigenvalue weighted by molar-refractivity contribution is 0.412. The number of methoxy groups -OCH3 is 1. The molecule has 0 saturated heterocycles. The van der Waals surface area contributed by atoms with Crippen LogP contribution in [0.3, 0.4) is 0 Å². The monoisotopic (exact) mass is 212 g/mol. The van der Waals surface area contributed by atoms with E-state index >= 15 is 0 Å². The van der Waals surface area contributed by atoms with Crippen LogP contribution in [-0.2, 0) is 0 Å². The highest BCUT2D eigenvalue weighted by atomic mass is 79.9. The van der Waals surface area contributed by atoms with Crippen molar-refractivity contribution < 1.29 is 4.74 Å². The summed E-state index contributed by atoms with van der Waals surface area (Å²) in [7, 11) is 1.55. The number of hydrogen-bond donors (Lipinski definition) is 0. The molecule has 11 heavy (non-hydrogen) atoms. The second-order valence-corrected chi connectivity index (χ2v) is 2.64. The third kappa shape index (κ3) is 1.69. The van der Waals surface area contributed by atoms with Crippen LogP contribution in [0.15, 0.2) is 16.7 Å². The van der Waals surface area contributed by atoms with Gasteiger partial charge in [-0.25, -0.2) is 0 Å². The Kier molecular flexibility index (Phi) is 2.44. The van der Waals surface area contributed by atoms with Gasteiger partial charge in [0.2, 0.25) is 0 Å². The van der Waals surface area contributed by atoms with Gasteiger partial charge in [-0.1, -0.05) is 6.57 Å². The van der Waals surface area contributed by atoms with Gasteiger partial charge in [0.05, 0.1) is 11.6 Å². The Hall–Kier alpha value is -1.08. The van der Waals surface area contributed by atoms with E-state index in [1.165, 1.54) is 0 Å². The number of aromatic nitrogens is 1. The maximum Gasteiger partial charge on any atom is 0.273 e. The highest BCUT2D eigenvalue weighted by Crippen LogP contribution is 2.26. The molecule has 0 aromatic carbocycles. The molecule has 0 saturated carbocycles. The number of halogens is 1. The SMILES string of the molecule is [C-]#[N+]c1cc(OC)c(Br)cn1. The van der Waals surface area contributed by atoms with Crippen molar-refractivity contribution in [1.29, 1.82) is 0 Å². The van der Waals surface area contributed by atoms with Crippen LogP contribution in [0.2, 0.25) is 0 Å². The molecule has 1 aromatic rings. The molecule has 0 bridgehead atoms. The van der Waals surface area contributed by atoms with Crippen molar-refractivity contribution in [2.45, 2.75) is 0 Å². The molecule has 0 amide bonds. The van der Waals surface area contributed by atoms with Crippen molar-refractivity contribution in [2.24, 2.45) is 0 Å². The van der Waals surface area contributed by atoms with Crippen LogP contribution in [0.25, 0.3) is 4.85 Å². The molecule has 1 aromatic heterocycles. The van der Waals surface area contributed by atoms with Crippen LogP contribution in [0.4, 0.5) is 5.82 Å².